The van der Waals surface area contributed by atoms with Gasteiger partial charge in [0, 0.05) is 23.5 Å². The average molecular weight is 289 g/mol. The highest BCUT2D eigenvalue weighted by Crippen LogP contribution is 2.30. The first-order valence-electron chi connectivity index (χ1n) is 5.87. The maximum absolute atomic E-state index is 11.6. The molecule has 0 spiro atoms. The van der Waals surface area contributed by atoms with Crippen molar-refractivity contribution in [3.63, 3.8) is 0 Å². The number of fused-ring (bicyclic) bond motifs is 1. The standard InChI is InChI=1S/C13H11N3O3S/c1-18-7-11-14-13(16-15-11)20-10-6-12(17)19-9-5-3-2-4-8(9)10/h2-6H,7H2,1H3,(H,14,15,16). The van der Waals surface area contributed by atoms with E-state index in [1.165, 1.54) is 17.8 Å². The number of rotatable bonds is 4. The topological polar surface area (TPSA) is 81.0 Å². The van der Waals surface area contributed by atoms with Crippen LogP contribution in [0.3, 0.4) is 0 Å². The van der Waals surface area contributed by atoms with Crippen molar-refractivity contribution in [2.45, 2.75) is 16.7 Å². The molecule has 1 N–H and O–H groups in total. The third kappa shape index (κ3) is 2.59. The SMILES string of the molecule is COCc1nc(Sc2cc(=O)oc3ccccc23)n[nH]1. The number of ether oxygens (including phenoxy) is 1. The second kappa shape index (κ2) is 5.48. The number of benzene rings is 1. The van der Waals surface area contributed by atoms with Crippen LogP contribution in [0.5, 0.6) is 0 Å². The summed E-state index contributed by atoms with van der Waals surface area (Å²) in [5.41, 5.74) is 0.161. The summed E-state index contributed by atoms with van der Waals surface area (Å²) in [6, 6.07) is 8.81. The number of aromatic nitrogens is 3. The first-order valence-corrected chi connectivity index (χ1v) is 6.69. The Kier molecular flexibility index (Phi) is 3.53. The van der Waals surface area contributed by atoms with Crippen molar-refractivity contribution in [3.8, 4) is 0 Å². The lowest BCUT2D eigenvalue weighted by Crippen LogP contribution is -1.97. The van der Waals surface area contributed by atoms with Crippen molar-refractivity contribution in [3.05, 3.63) is 46.6 Å². The van der Waals surface area contributed by atoms with Gasteiger partial charge in [-0.25, -0.2) is 9.78 Å². The van der Waals surface area contributed by atoms with Crippen molar-refractivity contribution in [1.29, 1.82) is 0 Å². The van der Waals surface area contributed by atoms with Gasteiger partial charge in [-0.1, -0.05) is 18.2 Å². The number of hydrogen-bond donors (Lipinski definition) is 1. The van der Waals surface area contributed by atoms with Crippen molar-refractivity contribution in [2.75, 3.05) is 7.11 Å². The van der Waals surface area contributed by atoms with Crippen molar-refractivity contribution < 1.29 is 9.15 Å². The van der Waals surface area contributed by atoms with E-state index >= 15 is 0 Å². The Morgan fingerprint density at radius 1 is 1.40 bits per heavy atom. The molecule has 0 fully saturated rings. The number of aromatic amines is 1. The molecular formula is C13H11N3O3S. The normalized spacial score (nSPS) is 11.1. The minimum atomic E-state index is -0.390. The molecule has 6 nitrogen and oxygen atoms in total. The van der Waals surface area contributed by atoms with Crippen LogP contribution in [-0.2, 0) is 11.3 Å². The van der Waals surface area contributed by atoms with Crippen molar-refractivity contribution >= 4 is 22.7 Å². The predicted octanol–water partition coefficient (Wildman–Crippen LogP) is 2.21. The van der Waals surface area contributed by atoms with E-state index in [0.717, 1.165) is 10.3 Å². The average Bonchev–Trinajstić information content (AvgIpc) is 2.86. The van der Waals surface area contributed by atoms with Crippen LogP contribution in [0.2, 0.25) is 0 Å². The third-order valence-corrected chi connectivity index (χ3v) is 3.53. The maximum Gasteiger partial charge on any atom is 0.337 e. The summed E-state index contributed by atoms with van der Waals surface area (Å²) >= 11 is 1.31. The summed E-state index contributed by atoms with van der Waals surface area (Å²) in [6.07, 6.45) is 0. The van der Waals surface area contributed by atoms with Crippen LogP contribution < -0.4 is 5.63 Å². The fraction of sp³-hybridized carbons (Fsp3) is 0.154. The number of methoxy groups -OCH3 is 1. The fourth-order valence-electron chi connectivity index (χ4n) is 1.79. The minimum Gasteiger partial charge on any atom is -0.423 e. The van der Waals surface area contributed by atoms with Gasteiger partial charge in [0.15, 0.2) is 5.82 Å². The summed E-state index contributed by atoms with van der Waals surface area (Å²) in [6.45, 7) is 0.366. The second-order valence-corrected chi connectivity index (χ2v) is 5.03. The Hall–Kier alpha value is -2.12. The van der Waals surface area contributed by atoms with Crippen molar-refractivity contribution in [2.24, 2.45) is 0 Å². The molecule has 20 heavy (non-hydrogen) atoms. The summed E-state index contributed by atoms with van der Waals surface area (Å²) in [5, 5.41) is 8.25. The Morgan fingerprint density at radius 3 is 3.10 bits per heavy atom. The molecule has 1 aromatic carbocycles. The molecule has 0 unspecified atom stereocenters. The molecule has 2 aromatic heterocycles. The van der Waals surface area contributed by atoms with E-state index in [9.17, 15) is 4.79 Å². The number of para-hydroxylation sites is 1. The molecule has 0 saturated heterocycles. The van der Waals surface area contributed by atoms with E-state index in [1.807, 2.05) is 18.2 Å². The molecule has 2 heterocycles. The van der Waals surface area contributed by atoms with Gasteiger partial charge in [-0.3, -0.25) is 5.10 Å². The van der Waals surface area contributed by atoms with Gasteiger partial charge in [0.2, 0.25) is 5.16 Å². The molecule has 0 bridgehead atoms. The Morgan fingerprint density at radius 2 is 2.25 bits per heavy atom. The van der Waals surface area contributed by atoms with Crippen LogP contribution in [0.25, 0.3) is 11.0 Å². The Balaban J connectivity index is 1.99. The van der Waals surface area contributed by atoms with Crippen LogP contribution in [0, 0.1) is 0 Å². The van der Waals surface area contributed by atoms with Crippen LogP contribution in [0.1, 0.15) is 5.82 Å². The monoisotopic (exact) mass is 289 g/mol. The molecule has 0 aliphatic rings. The van der Waals surface area contributed by atoms with Gasteiger partial charge >= 0.3 is 5.63 Å². The van der Waals surface area contributed by atoms with Crippen LogP contribution in [0.4, 0.5) is 0 Å². The molecule has 0 atom stereocenters. The molecule has 0 radical (unpaired) electrons. The van der Waals surface area contributed by atoms with Crippen molar-refractivity contribution in [1.82, 2.24) is 15.2 Å². The summed E-state index contributed by atoms with van der Waals surface area (Å²) < 4.78 is 10.1. The zero-order valence-corrected chi connectivity index (χ0v) is 11.4. The number of hydrogen-bond acceptors (Lipinski definition) is 6. The maximum atomic E-state index is 11.6. The highest BCUT2D eigenvalue weighted by molar-refractivity contribution is 7.99. The molecule has 3 rings (SSSR count). The van der Waals surface area contributed by atoms with Gasteiger partial charge < -0.3 is 9.15 Å². The molecule has 3 aromatic rings. The zero-order valence-electron chi connectivity index (χ0n) is 10.6. The van der Waals surface area contributed by atoms with E-state index in [-0.39, 0.29) is 5.63 Å². The van der Waals surface area contributed by atoms with Gasteiger partial charge in [0.1, 0.15) is 12.2 Å². The lowest BCUT2D eigenvalue weighted by Gasteiger charge is -2.01. The Bertz CT molecular complexity index is 797. The van der Waals surface area contributed by atoms with E-state index in [2.05, 4.69) is 15.2 Å². The summed E-state index contributed by atoms with van der Waals surface area (Å²) in [7, 11) is 1.59. The summed E-state index contributed by atoms with van der Waals surface area (Å²) in [5.74, 6) is 0.641. The summed E-state index contributed by atoms with van der Waals surface area (Å²) in [4.78, 5) is 16.6. The largest absolute Gasteiger partial charge is 0.423 e. The molecule has 0 amide bonds. The molecule has 0 saturated carbocycles. The zero-order chi connectivity index (χ0) is 13.9. The lowest BCUT2D eigenvalue weighted by atomic mass is 10.2. The number of nitrogens with zero attached hydrogens (tertiary/aromatic N) is 2. The van der Waals surface area contributed by atoms with Crippen LogP contribution in [0.15, 0.2) is 49.6 Å². The van der Waals surface area contributed by atoms with Gasteiger partial charge in [-0.15, -0.1) is 5.10 Å². The van der Waals surface area contributed by atoms with E-state index in [1.54, 1.807) is 13.2 Å². The molecule has 0 aliphatic carbocycles. The highest BCUT2D eigenvalue weighted by atomic mass is 32.2. The molecule has 7 heteroatoms. The molecule has 102 valence electrons. The van der Waals surface area contributed by atoms with Gasteiger partial charge in [-0.2, -0.15) is 0 Å². The second-order valence-electron chi connectivity index (χ2n) is 4.03. The smallest absolute Gasteiger partial charge is 0.337 e. The van der Waals surface area contributed by atoms with Gasteiger partial charge in [0.25, 0.3) is 0 Å². The quantitative estimate of drug-likeness (QED) is 0.742. The lowest BCUT2D eigenvalue weighted by molar-refractivity contribution is 0.178. The Labute approximate surface area is 118 Å². The number of nitrogens with one attached hydrogen (secondary N) is 1. The van der Waals surface area contributed by atoms with Crippen LogP contribution in [-0.4, -0.2) is 22.3 Å². The van der Waals surface area contributed by atoms with Gasteiger partial charge in [-0.05, 0) is 17.8 Å². The third-order valence-electron chi connectivity index (χ3n) is 2.61. The first-order chi connectivity index (χ1) is 9.76. The van der Waals surface area contributed by atoms with E-state index < -0.39 is 0 Å². The van der Waals surface area contributed by atoms with Crippen LogP contribution >= 0.6 is 11.8 Å². The predicted molar refractivity (Wildman–Crippen MR) is 73.7 cm³/mol. The highest BCUT2D eigenvalue weighted by Gasteiger charge is 2.10. The minimum absolute atomic E-state index is 0.366. The fourth-order valence-corrected chi connectivity index (χ4v) is 2.67. The van der Waals surface area contributed by atoms with E-state index in [0.29, 0.717) is 23.2 Å². The molecule has 0 aliphatic heterocycles. The molecular weight excluding hydrogens is 278 g/mol. The van der Waals surface area contributed by atoms with Gasteiger partial charge in [0.05, 0.1) is 0 Å². The number of H-pyrrole nitrogens is 1. The van der Waals surface area contributed by atoms with E-state index in [4.69, 9.17) is 9.15 Å². The first kappa shape index (κ1) is 12.9.